The summed E-state index contributed by atoms with van der Waals surface area (Å²) in [5, 5.41) is 12.5. The van der Waals surface area contributed by atoms with Gasteiger partial charge < -0.3 is 10.4 Å². The maximum absolute atomic E-state index is 12.0. The second kappa shape index (κ2) is 5.89. The van der Waals surface area contributed by atoms with E-state index in [0.717, 1.165) is 5.56 Å². The molecular weight excluding hydrogens is 304 g/mol. The van der Waals surface area contributed by atoms with Gasteiger partial charge in [-0.3, -0.25) is 4.79 Å². The van der Waals surface area contributed by atoms with Gasteiger partial charge >= 0.3 is 0 Å². The molecule has 0 bridgehead atoms. The van der Waals surface area contributed by atoms with Crippen molar-refractivity contribution < 1.29 is 18.3 Å². The van der Waals surface area contributed by atoms with E-state index in [0.29, 0.717) is 18.7 Å². The number of aromatic hydroxyl groups is 1. The molecule has 22 heavy (non-hydrogen) atoms. The molecule has 2 N–H and O–H groups in total. The summed E-state index contributed by atoms with van der Waals surface area (Å²) >= 11 is 0. The molecule has 122 valence electrons. The van der Waals surface area contributed by atoms with E-state index in [1.807, 2.05) is 20.8 Å². The Balaban J connectivity index is 2.12. The second-order valence-corrected chi connectivity index (χ2v) is 8.62. The molecule has 0 atom stereocenters. The Morgan fingerprint density at radius 2 is 2.05 bits per heavy atom. The van der Waals surface area contributed by atoms with E-state index in [4.69, 9.17) is 0 Å². The highest BCUT2D eigenvalue weighted by molar-refractivity contribution is 7.89. The van der Waals surface area contributed by atoms with Crippen molar-refractivity contribution in [3.8, 4) is 5.75 Å². The highest BCUT2D eigenvalue weighted by Gasteiger charge is 2.30. The van der Waals surface area contributed by atoms with E-state index >= 15 is 0 Å². The smallest absolute Gasteiger partial charge is 0.239 e. The average Bonchev–Trinajstić information content (AvgIpc) is 2.70. The molecule has 0 saturated carbocycles. The van der Waals surface area contributed by atoms with Gasteiger partial charge in [0, 0.05) is 6.54 Å². The number of hydrogen-bond acceptors (Lipinski definition) is 4. The number of amides is 1. The summed E-state index contributed by atoms with van der Waals surface area (Å²) in [6, 6.07) is 5.05. The van der Waals surface area contributed by atoms with Crippen LogP contribution in [0.5, 0.6) is 5.75 Å². The Labute approximate surface area is 131 Å². The van der Waals surface area contributed by atoms with Crippen LogP contribution in [0.1, 0.15) is 32.8 Å². The van der Waals surface area contributed by atoms with Crippen molar-refractivity contribution >= 4 is 21.6 Å². The predicted molar refractivity (Wildman–Crippen MR) is 85.4 cm³/mol. The fraction of sp³-hybridized carbons (Fsp3) is 0.533. The molecule has 0 radical (unpaired) electrons. The molecule has 1 saturated heterocycles. The topological polar surface area (TPSA) is 86.7 Å². The van der Waals surface area contributed by atoms with Crippen LogP contribution in [-0.2, 0) is 20.2 Å². The number of rotatable bonds is 3. The maximum atomic E-state index is 12.0. The van der Waals surface area contributed by atoms with Crippen molar-refractivity contribution in [1.82, 2.24) is 4.31 Å². The van der Waals surface area contributed by atoms with Gasteiger partial charge in [0.25, 0.3) is 0 Å². The first-order chi connectivity index (χ1) is 10.1. The summed E-state index contributed by atoms with van der Waals surface area (Å²) in [6.45, 7) is 6.23. The third kappa shape index (κ3) is 3.78. The Hall–Kier alpha value is -1.60. The summed E-state index contributed by atoms with van der Waals surface area (Å²) in [6.07, 6.45) is 0.542. The molecule has 2 rings (SSSR count). The predicted octanol–water partition coefficient (Wildman–Crippen LogP) is 1.66. The Kier molecular flexibility index (Phi) is 4.49. The van der Waals surface area contributed by atoms with Gasteiger partial charge in [0.1, 0.15) is 5.75 Å². The molecule has 6 nitrogen and oxygen atoms in total. The van der Waals surface area contributed by atoms with Crippen molar-refractivity contribution in [2.45, 2.75) is 32.6 Å². The molecule has 1 aromatic rings. The molecule has 0 aromatic heterocycles. The molecule has 0 aliphatic carbocycles. The van der Waals surface area contributed by atoms with Crippen LogP contribution in [0.15, 0.2) is 18.2 Å². The maximum Gasteiger partial charge on any atom is 0.239 e. The van der Waals surface area contributed by atoms with E-state index in [1.165, 1.54) is 10.4 Å². The largest absolute Gasteiger partial charge is 0.506 e. The van der Waals surface area contributed by atoms with Crippen LogP contribution in [0.3, 0.4) is 0 Å². The average molecular weight is 326 g/mol. The number of carbonyl (C=O) groups is 1. The quantitative estimate of drug-likeness (QED) is 0.827. The highest BCUT2D eigenvalue weighted by atomic mass is 32.2. The fourth-order valence-corrected chi connectivity index (χ4v) is 3.79. The van der Waals surface area contributed by atoms with Crippen molar-refractivity contribution in [1.29, 1.82) is 0 Å². The van der Waals surface area contributed by atoms with Crippen molar-refractivity contribution in [2.24, 2.45) is 0 Å². The molecule has 7 heteroatoms. The fourth-order valence-electron chi connectivity index (χ4n) is 2.32. The van der Waals surface area contributed by atoms with Gasteiger partial charge in [-0.15, -0.1) is 0 Å². The minimum atomic E-state index is -3.31. The number of nitrogens with one attached hydrogen (secondary N) is 1. The van der Waals surface area contributed by atoms with Gasteiger partial charge in [0.15, 0.2) is 0 Å². The van der Waals surface area contributed by atoms with Gasteiger partial charge in [0.2, 0.25) is 15.9 Å². The molecular formula is C15H22N2O4S. The number of anilines is 1. The summed E-state index contributed by atoms with van der Waals surface area (Å²) < 4.78 is 24.6. The van der Waals surface area contributed by atoms with Gasteiger partial charge in [-0.25, -0.2) is 8.42 Å². The zero-order chi connectivity index (χ0) is 16.5. The summed E-state index contributed by atoms with van der Waals surface area (Å²) in [5.41, 5.74) is 1.15. The third-order valence-corrected chi connectivity index (χ3v) is 5.56. The van der Waals surface area contributed by atoms with Crippen LogP contribution in [0.2, 0.25) is 0 Å². The second-order valence-electron chi connectivity index (χ2n) is 6.53. The molecule has 1 amide bonds. The van der Waals surface area contributed by atoms with E-state index in [-0.39, 0.29) is 23.5 Å². The number of sulfonamides is 1. The first kappa shape index (κ1) is 16.8. The summed E-state index contributed by atoms with van der Waals surface area (Å²) in [7, 11) is -3.31. The Morgan fingerprint density at radius 1 is 1.36 bits per heavy atom. The first-order valence-corrected chi connectivity index (χ1v) is 8.82. The molecule has 1 fully saturated rings. The summed E-state index contributed by atoms with van der Waals surface area (Å²) in [4.78, 5) is 12.0. The van der Waals surface area contributed by atoms with Crippen LogP contribution in [0, 0.1) is 0 Å². The Bertz CT molecular complexity index is 677. The van der Waals surface area contributed by atoms with Crippen molar-refractivity contribution in [2.75, 3.05) is 24.2 Å². The van der Waals surface area contributed by atoms with Gasteiger partial charge in [-0.05, 0) is 29.5 Å². The normalized spacial score (nSPS) is 18.3. The van der Waals surface area contributed by atoms with Gasteiger partial charge in [-0.1, -0.05) is 26.8 Å². The van der Waals surface area contributed by atoms with Gasteiger partial charge in [0.05, 0.1) is 18.0 Å². The van der Waals surface area contributed by atoms with E-state index in [1.54, 1.807) is 12.1 Å². The summed E-state index contributed by atoms with van der Waals surface area (Å²) in [5.74, 6) is -0.400. The zero-order valence-corrected chi connectivity index (χ0v) is 13.9. The lowest BCUT2D eigenvalue weighted by atomic mass is 9.87. The number of phenols is 1. The number of nitrogens with zero attached hydrogens (tertiary/aromatic N) is 1. The molecule has 1 aromatic carbocycles. The van der Waals surface area contributed by atoms with E-state index in [9.17, 15) is 18.3 Å². The van der Waals surface area contributed by atoms with Gasteiger partial charge in [-0.2, -0.15) is 4.31 Å². The highest BCUT2D eigenvalue weighted by Crippen LogP contribution is 2.30. The lowest BCUT2D eigenvalue weighted by molar-refractivity contribution is -0.116. The molecule has 1 aliphatic heterocycles. The molecule has 0 unspecified atom stereocenters. The zero-order valence-electron chi connectivity index (χ0n) is 13.1. The monoisotopic (exact) mass is 326 g/mol. The number of benzene rings is 1. The van der Waals surface area contributed by atoms with Crippen LogP contribution in [0.25, 0.3) is 0 Å². The SMILES string of the molecule is CC(C)(C)c1ccc(O)c(NC(=O)CN2CCCS2(=O)=O)c1. The number of hydrogen-bond donors (Lipinski definition) is 2. The van der Waals surface area contributed by atoms with E-state index < -0.39 is 15.9 Å². The molecule has 0 spiro atoms. The van der Waals surface area contributed by atoms with Crippen LogP contribution in [0.4, 0.5) is 5.69 Å². The Morgan fingerprint density at radius 3 is 2.59 bits per heavy atom. The van der Waals surface area contributed by atoms with E-state index in [2.05, 4.69) is 5.32 Å². The number of phenolic OH excluding ortho intramolecular Hbond substituents is 1. The lowest BCUT2D eigenvalue weighted by Gasteiger charge is -2.21. The third-order valence-electron chi connectivity index (χ3n) is 3.66. The lowest BCUT2D eigenvalue weighted by Crippen LogP contribution is -2.34. The number of carbonyl (C=O) groups excluding carboxylic acids is 1. The van der Waals surface area contributed by atoms with Crippen LogP contribution >= 0.6 is 0 Å². The molecule has 1 aliphatic rings. The first-order valence-electron chi connectivity index (χ1n) is 7.21. The minimum Gasteiger partial charge on any atom is -0.506 e. The van der Waals surface area contributed by atoms with Crippen LogP contribution < -0.4 is 5.32 Å². The van der Waals surface area contributed by atoms with Crippen molar-refractivity contribution in [3.05, 3.63) is 23.8 Å². The standard InChI is InChI=1S/C15H22N2O4S/c1-15(2,3)11-5-6-13(18)12(9-11)16-14(19)10-17-7-4-8-22(17,20)21/h5-6,9,18H,4,7-8,10H2,1-3H3,(H,16,19). The minimum absolute atomic E-state index is 0.0365. The van der Waals surface area contributed by atoms with Crippen molar-refractivity contribution in [3.63, 3.8) is 0 Å². The van der Waals surface area contributed by atoms with Crippen LogP contribution in [-0.4, -0.2) is 42.6 Å². The molecule has 1 heterocycles.